The van der Waals surface area contributed by atoms with Crippen molar-refractivity contribution < 1.29 is 13.2 Å². The van der Waals surface area contributed by atoms with Crippen LogP contribution in [0.25, 0.3) is 11.0 Å². The molecule has 0 aliphatic heterocycles. The zero-order chi connectivity index (χ0) is 22.1. The number of nitrogens with one attached hydrogen (secondary N) is 1. The van der Waals surface area contributed by atoms with E-state index < -0.39 is 9.84 Å². The Hall–Kier alpha value is -2.45. The summed E-state index contributed by atoms with van der Waals surface area (Å²) < 4.78 is 32.0. The average Bonchev–Trinajstić information content (AvgIpc) is 2.97. The van der Waals surface area contributed by atoms with Crippen molar-refractivity contribution in [2.45, 2.75) is 51.7 Å². The molecule has 0 atom stereocenters. The molecule has 0 bridgehead atoms. The van der Waals surface area contributed by atoms with Crippen molar-refractivity contribution in [3.05, 3.63) is 47.8 Å². The third-order valence-electron chi connectivity index (χ3n) is 4.72. The van der Waals surface area contributed by atoms with Crippen molar-refractivity contribution in [2.24, 2.45) is 0 Å². The van der Waals surface area contributed by atoms with Crippen molar-refractivity contribution in [3.8, 4) is 5.75 Å². The van der Waals surface area contributed by atoms with E-state index in [0.29, 0.717) is 17.2 Å². The topological polar surface area (TPSA) is 73.2 Å². The number of fused-ring (bicyclic) bond motifs is 1. The van der Waals surface area contributed by atoms with Gasteiger partial charge in [-0.2, -0.15) is 0 Å². The summed E-state index contributed by atoms with van der Waals surface area (Å²) in [5.41, 5.74) is 3.52. The molecule has 1 N–H and O–H groups in total. The van der Waals surface area contributed by atoms with Crippen LogP contribution in [-0.4, -0.2) is 35.3 Å². The molecular weight excluding hydrogens is 418 g/mol. The Morgan fingerprint density at radius 2 is 2.00 bits per heavy atom. The van der Waals surface area contributed by atoms with Crippen LogP contribution in [0.4, 0.5) is 5.69 Å². The number of para-hydroxylation sites is 1. The van der Waals surface area contributed by atoms with Gasteiger partial charge in [-0.15, -0.1) is 0 Å². The van der Waals surface area contributed by atoms with E-state index in [1.54, 1.807) is 18.2 Å². The monoisotopic (exact) mass is 445 g/mol. The van der Waals surface area contributed by atoms with E-state index in [-0.39, 0.29) is 11.0 Å². The number of aromatic nitrogens is 2. The molecule has 0 spiro atoms. The lowest BCUT2D eigenvalue weighted by molar-refractivity contribution is 0.240. The molecule has 0 saturated heterocycles. The molecule has 8 heteroatoms. The Morgan fingerprint density at radius 3 is 2.63 bits per heavy atom. The predicted molar refractivity (Wildman–Crippen MR) is 125 cm³/mol. The first-order valence-electron chi connectivity index (χ1n) is 9.85. The number of hydrogen-bond donors (Lipinski definition) is 1. The lowest BCUT2D eigenvalue weighted by Crippen LogP contribution is -2.15. The Morgan fingerprint density at radius 1 is 1.27 bits per heavy atom. The number of hydrogen-bond acceptors (Lipinski definition) is 5. The minimum Gasteiger partial charge on any atom is -0.491 e. The third kappa shape index (κ3) is 4.82. The molecule has 0 saturated carbocycles. The van der Waals surface area contributed by atoms with Crippen molar-refractivity contribution >= 4 is 43.8 Å². The molecule has 0 aliphatic carbocycles. The van der Waals surface area contributed by atoms with Crippen LogP contribution in [0.3, 0.4) is 0 Å². The molecule has 1 aromatic heterocycles. The first kappa shape index (κ1) is 22.2. The molecule has 0 aliphatic rings. The van der Waals surface area contributed by atoms with Crippen LogP contribution in [0.1, 0.15) is 32.2 Å². The maximum absolute atomic E-state index is 12.0. The summed E-state index contributed by atoms with van der Waals surface area (Å²) in [6.07, 6.45) is 1.52. The summed E-state index contributed by atoms with van der Waals surface area (Å²) in [6.45, 7) is 8.73. The average molecular weight is 446 g/mol. The van der Waals surface area contributed by atoms with Crippen LogP contribution in [-0.2, 0) is 22.8 Å². The lowest BCUT2D eigenvalue weighted by atomic mass is 10.1. The highest BCUT2D eigenvalue weighted by atomic mass is 32.2. The second kappa shape index (κ2) is 8.73. The summed E-state index contributed by atoms with van der Waals surface area (Å²) in [6, 6.07) is 10.8. The summed E-state index contributed by atoms with van der Waals surface area (Å²) in [4.78, 5) is 5.44. The molecule has 30 heavy (non-hydrogen) atoms. The SMILES string of the molecule is CCn1c(C)nc2cccc(NC(=S)Cc3cc(S(C)(=O)=O)ccc3OC(C)C)c21. The van der Waals surface area contributed by atoms with E-state index in [2.05, 4.69) is 21.8 Å². The van der Waals surface area contributed by atoms with Gasteiger partial charge >= 0.3 is 0 Å². The number of imidazole rings is 1. The fourth-order valence-electron chi connectivity index (χ4n) is 3.45. The van der Waals surface area contributed by atoms with Gasteiger partial charge < -0.3 is 14.6 Å². The molecule has 3 aromatic rings. The second-order valence-corrected chi connectivity index (χ2v) is 10.0. The first-order chi connectivity index (χ1) is 14.1. The Kier molecular flexibility index (Phi) is 6.47. The highest BCUT2D eigenvalue weighted by molar-refractivity contribution is 7.90. The van der Waals surface area contributed by atoms with Crippen molar-refractivity contribution in [1.29, 1.82) is 0 Å². The van der Waals surface area contributed by atoms with Gasteiger partial charge in [0.25, 0.3) is 0 Å². The standard InChI is InChI=1S/C22H27N3O3S2/c1-6-25-15(4)23-18-8-7-9-19(22(18)25)24-21(29)13-16-12-17(30(5,26)27)10-11-20(16)28-14(2)3/h7-12,14H,6,13H2,1-5H3,(H,24,29). The van der Waals surface area contributed by atoms with Crippen LogP contribution in [0, 0.1) is 6.92 Å². The summed E-state index contributed by atoms with van der Waals surface area (Å²) in [7, 11) is -3.33. The maximum atomic E-state index is 12.0. The van der Waals surface area contributed by atoms with Crippen LogP contribution in [0.15, 0.2) is 41.3 Å². The number of ether oxygens (including phenoxy) is 1. The molecule has 0 fully saturated rings. The Balaban J connectivity index is 1.94. The van der Waals surface area contributed by atoms with E-state index in [4.69, 9.17) is 17.0 Å². The zero-order valence-corrected chi connectivity index (χ0v) is 19.5. The van der Waals surface area contributed by atoms with Gasteiger partial charge in [-0.25, -0.2) is 13.4 Å². The lowest BCUT2D eigenvalue weighted by Gasteiger charge is -2.17. The molecule has 160 valence electrons. The van der Waals surface area contributed by atoms with E-state index >= 15 is 0 Å². The van der Waals surface area contributed by atoms with Crippen LogP contribution in [0.5, 0.6) is 5.75 Å². The van der Waals surface area contributed by atoms with E-state index in [1.807, 2.05) is 39.0 Å². The smallest absolute Gasteiger partial charge is 0.175 e. The molecule has 1 heterocycles. The highest BCUT2D eigenvalue weighted by Gasteiger charge is 2.16. The third-order valence-corrected chi connectivity index (χ3v) is 6.08. The minimum absolute atomic E-state index is 0.0370. The minimum atomic E-state index is -3.33. The van der Waals surface area contributed by atoms with Crippen LogP contribution >= 0.6 is 12.2 Å². The molecule has 2 aromatic carbocycles. The Labute approximate surface area is 183 Å². The van der Waals surface area contributed by atoms with Crippen LogP contribution < -0.4 is 10.1 Å². The van der Waals surface area contributed by atoms with E-state index in [9.17, 15) is 8.42 Å². The van der Waals surface area contributed by atoms with Gasteiger partial charge in [-0.1, -0.05) is 18.3 Å². The van der Waals surface area contributed by atoms with Crippen molar-refractivity contribution in [1.82, 2.24) is 9.55 Å². The number of nitrogens with zero attached hydrogens (tertiary/aromatic N) is 2. The summed E-state index contributed by atoms with van der Waals surface area (Å²) in [5, 5.41) is 3.33. The van der Waals surface area contributed by atoms with Gasteiger partial charge in [0.05, 0.1) is 32.7 Å². The van der Waals surface area contributed by atoms with Gasteiger partial charge in [0.1, 0.15) is 11.6 Å². The van der Waals surface area contributed by atoms with E-state index in [1.165, 1.54) is 6.26 Å². The first-order valence-corrected chi connectivity index (χ1v) is 12.2. The fraction of sp³-hybridized carbons (Fsp3) is 0.364. The van der Waals surface area contributed by atoms with Gasteiger partial charge in [-0.05, 0) is 58.0 Å². The maximum Gasteiger partial charge on any atom is 0.175 e. The molecule has 0 radical (unpaired) electrons. The van der Waals surface area contributed by atoms with Gasteiger partial charge in [0.2, 0.25) is 0 Å². The number of sulfone groups is 1. The van der Waals surface area contributed by atoms with Crippen molar-refractivity contribution in [3.63, 3.8) is 0 Å². The number of thiocarbonyl (C=S) groups is 1. The number of anilines is 1. The van der Waals surface area contributed by atoms with Gasteiger partial charge in [0, 0.05) is 24.8 Å². The summed E-state index contributed by atoms with van der Waals surface area (Å²) in [5.74, 6) is 1.58. The molecule has 6 nitrogen and oxygen atoms in total. The number of rotatable bonds is 7. The molecule has 0 amide bonds. The van der Waals surface area contributed by atoms with Crippen molar-refractivity contribution in [2.75, 3.05) is 11.6 Å². The Bertz CT molecular complexity index is 1200. The van der Waals surface area contributed by atoms with Crippen LogP contribution in [0.2, 0.25) is 0 Å². The quantitative estimate of drug-likeness (QED) is 0.539. The van der Waals surface area contributed by atoms with Gasteiger partial charge in [-0.3, -0.25) is 0 Å². The summed E-state index contributed by atoms with van der Waals surface area (Å²) >= 11 is 5.63. The second-order valence-electron chi connectivity index (χ2n) is 7.51. The molecular formula is C22H27N3O3S2. The highest BCUT2D eigenvalue weighted by Crippen LogP contribution is 2.27. The predicted octanol–water partition coefficient (Wildman–Crippen LogP) is 4.54. The largest absolute Gasteiger partial charge is 0.491 e. The van der Waals surface area contributed by atoms with E-state index in [0.717, 1.165) is 34.7 Å². The normalized spacial score (nSPS) is 11.8. The zero-order valence-electron chi connectivity index (χ0n) is 17.9. The van der Waals surface area contributed by atoms with Gasteiger partial charge in [0.15, 0.2) is 9.84 Å². The molecule has 0 unspecified atom stereocenters. The number of aryl methyl sites for hydroxylation is 2. The fourth-order valence-corrected chi connectivity index (χ4v) is 4.39. The number of benzene rings is 2. The molecule has 3 rings (SSSR count).